The minimum absolute atomic E-state index is 0.399. The van der Waals surface area contributed by atoms with Crippen LogP contribution in [0.5, 0.6) is 0 Å². The van der Waals surface area contributed by atoms with Gasteiger partial charge < -0.3 is 9.67 Å². The van der Waals surface area contributed by atoms with Crippen LogP contribution in [0.3, 0.4) is 0 Å². The summed E-state index contributed by atoms with van der Waals surface area (Å²) in [6.45, 7) is 6.68. The zero-order chi connectivity index (χ0) is 17.0. The Morgan fingerprint density at radius 3 is 2.54 bits per heavy atom. The minimum atomic E-state index is -0.538. The van der Waals surface area contributed by atoms with Gasteiger partial charge in [0.2, 0.25) is 0 Å². The van der Waals surface area contributed by atoms with E-state index in [9.17, 15) is 5.11 Å². The molecule has 24 heavy (non-hydrogen) atoms. The highest BCUT2D eigenvalue weighted by Gasteiger charge is 2.33. The number of rotatable bonds is 7. The molecule has 0 bridgehead atoms. The Bertz CT molecular complexity index is 629. The van der Waals surface area contributed by atoms with E-state index < -0.39 is 5.60 Å². The van der Waals surface area contributed by atoms with Crippen LogP contribution < -0.4 is 0 Å². The van der Waals surface area contributed by atoms with Gasteiger partial charge in [-0.05, 0) is 32.3 Å². The number of imidazole rings is 1. The van der Waals surface area contributed by atoms with E-state index in [4.69, 9.17) is 0 Å². The maximum Gasteiger partial charge on any atom is 0.123 e. The largest absolute Gasteiger partial charge is 0.389 e. The lowest BCUT2D eigenvalue weighted by Crippen LogP contribution is -2.41. The third-order valence-electron chi connectivity index (χ3n) is 4.97. The van der Waals surface area contributed by atoms with Crippen LogP contribution in [0.1, 0.15) is 57.0 Å². The van der Waals surface area contributed by atoms with Crippen LogP contribution in [0.4, 0.5) is 0 Å². The summed E-state index contributed by atoms with van der Waals surface area (Å²) in [7, 11) is 0. The first-order valence-corrected chi connectivity index (χ1v) is 9.06. The summed E-state index contributed by atoms with van der Waals surface area (Å²) in [5.74, 6) is 1.07. The van der Waals surface area contributed by atoms with Crippen LogP contribution in [-0.2, 0) is 13.1 Å². The maximum atomic E-state index is 10.9. The molecule has 130 valence electrons. The number of hydrogen-bond acceptors (Lipinski definition) is 3. The molecule has 4 heteroatoms. The second-order valence-corrected chi connectivity index (χ2v) is 7.41. The Kier molecular flexibility index (Phi) is 5.36. The van der Waals surface area contributed by atoms with Crippen LogP contribution in [0.25, 0.3) is 0 Å². The average molecular weight is 327 g/mol. The van der Waals surface area contributed by atoms with Crippen LogP contribution in [0.2, 0.25) is 0 Å². The van der Waals surface area contributed by atoms with Gasteiger partial charge in [0.05, 0.1) is 12.1 Å². The van der Waals surface area contributed by atoms with E-state index >= 15 is 0 Å². The Labute approximate surface area is 145 Å². The van der Waals surface area contributed by atoms with E-state index in [1.807, 2.05) is 18.5 Å². The Morgan fingerprint density at radius 1 is 1.17 bits per heavy atom. The second kappa shape index (κ2) is 7.49. The minimum Gasteiger partial charge on any atom is -0.389 e. The van der Waals surface area contributed by atoms with Gasteiger partial charge in [0.1, 0.15) is 5.82 Å². The first-order chi connectivity index (χ1) is 11.6. The number of aromatic nitrogens is 2. The molecule has 3 rings (SSSR count). The lowest BCUT2D eigenvalue weighted by molar-refractivity contribution is 0.00351. The number of aliphatic hydroxyl groups is 1. The second-order valence-electron chi connectivity index (χ2n) is 7.41. The maximum absolute atomic E-state index is 10.9. The van der Waals surface area contributed by atoms with Crippen molar-refractivity contribution < 1.29 is 5.11 Å². The van der Waals surface area contributed by atoms with E-state index in [0.29, 0.717) is 12.6 Å². The summed E-state index contributed by atoms with van der Waals surface area (Å²) in [6, 6.07) is 10.9. The molecule has 1 fully saturated rings. The molecule has 0 amide bonds. The molecule has 1 aliphatic rings. The van der Waals surface area contributed by atoms with Crippen LogP contribution in [0, 0.1) is 0 Å². The van der Waals surface area contributed by atoms with Gasteiger partial charge >= 0.3 is 0 Å². The van der Waals surface area contributed by atoms with Crippen LogP contribution >= 0.6 is 0 Å². The highest BCUT2D eigenvalue weighted by atomic mass is 16.3. The van der Waals surface area contributed by atoms with Crippen molar-refractivity contribution in [1.82, 2.24) is 14.5 Å². The van der Waals surface area contributed by atoms with Crippen molar-refractivity contribution in [2.75, 3.05) is 6.54 Å². The molecular formula is C20H29N3O. The van der Waals surface area contributed by atoms with E-state index in [1.54, 1.807) is 0 Å². The Hall–Kier alpha value is -1.65. The smallest absolute Gasteiger partial charge is 0.123 e. The zero-order valence-corrected chi connectivity index (χ0v) is 14.9. The average Bonchev–Trinajstić information content (AvgIpc) is 3.17. The molecule has 0 radical (unpaired) electrons. The summed E-state index contributed by atoms with van der Waals surface area (Å²) in [6.07, 6.45) is 8.02. The quantitative estimate of drug-likeness (QED) is 0.841. The fourth-order valence-corrected chi connectivity index (χ4v) is 3.75. The molecule has 0 unspecified atom stereocenters. The van der Waals surface area contributed by atoms with E-state index in [2.05, 4.69) is 52.6 Å². The van der Waals surface area contributed by atoms with Gasteiger partial charge in [-0.1, -0.05) is 43.2 Å². The van der Waals surface area contributed by atoms with Crippen molar-refractivity contribution in [1.29, 1.82) is 0 Å². The van der Waals surface area contributed by atoms with Crippen molar-refractivity contribution in [3.05, 3.63) is 54.1 Å². The zero-order valence-electron chi connectivity index (χ0n) is 14.9. The van der Waals surface area contributed by atoms with Crippen molar-refractivity contribution >= 4 is 0 Å². The van der Waals surface area contributed by atoms with Crippen molar-refractivity contribution in [2.24, 2.45) is 0 Å². The standard InChI is InChI=1S/C20H29N3O/c1-17(2)23-13-12-21-19(23)15-22(14-18-8-4-3-5-9-18)16-20(24)10-6-7-11-20/h3-5,8-9,12-13,17,24H,6-7,10-11,14-16H2,1-2H3. The summed E-state index contributed by atoms with van der Waals surface area (Å²) in [5, 5.41) is 10.9. The Balaban J connectivity index is 1.77. The number of hydrogen-bond donors (Lipinski definition) is 1. The van der Waals surface area contributed by atoms with E-state index in [0.717, 1.165) is 44.6 Å². The van der Waals surface area contributed by atoms with Gasteiger partial charge in [-0.2, -0.15) is 0 Å². The normalized spacial score (nSPS) is 17.0. The fraction of sp³-hybridized carbons (Fsp3) is 0.550. The van der Waals surface area contributed by atoms with Gasteiger partial charge in [-0.15, -0.1) is 0 Å². The lowest BCUT2D eigenvalue weighted by Gasteiger charge is -2.31. The van der Waals surface area contributed by atoms with Gasteiger partial charge in [0.25, 0.3) is 0 Å². The summed E-state index contributed by atoms with van der Waals surface area (Å²) in [5.41, 5.74) is 0.742. The first-order valence-electron chi connectivity index (χ1n) is 9.06. The summed E-state index contributed by atoms with van der Waals surface area (Å²) >= 11 is 0. The van der Waals surface area contributed by atoms with E-state index in [1.165, 1.54) is 5.56 Å². The molecule has 1 heterocycles. The Morgan fingerprint density at radius 2 is 1.88 bits per heavy atom. The molecule has 1 aliphatic carbocycles. The first kappa shape index (κ1) is 17.2. The molecule has 0 spiro atoms. The predicted octanol–water partition coefficient (Wildman–Crippen LogP) is 3.77. The third-order valence-corrected chi connectivity index (χ3v) is 4.97. The number of nitrogens with zero attached hydrogens (tertiary/aromatic N) is 3. The molecule has 2 aromatic rings. The molecule has 1 saturated carbocycles. The highest BCUT2D eigenvalue weighted by Crippen LogP contribution is 2.31. The topological polar surface area (TPSA) is 41.3 Å². The SMILES string of the molecule is CC(C)n1ccnc1CN(Cc1ccccc1)CC1(O)CCCC1. The molecule has 0 atom stereocenters. The summed E-state index contributed by atoms with van der Waals surface area (Å²) < 4.78 is 2.22. The van der Waals surface area contributed by atoms with Gasteiger partial charge in [0, 0.05) is 31.5 Å². The van der Waals surface area contributed by atoms with Crippen LogP contribution in [0.15, 0.2) is 42.7 Å². The monoisotopic (exact) mass is 327 g/mol. The molecule has 0 aliphatic heterocycles. The molecule has 1 aromatic heterocycles. The van der Waals surface area contributed by atoms with Crippen molar-refractivity contribution in [3.63, 3.8) is 0 Å². The van der Waals surface area contributed by atoms with Gasteiger partial charge in [-0.3, -0.25) is 4.90 Å². The highest BCUT2D eigenvalue weighted by molar-refractivity contribution is 5.14. The fourth-order valence-electron chi connectivity index (χ4n) is 3.75. The number of benzene rings is 1. The lowest BCUT2D eigenvalue weighted by atomic mass is 10.0. The van der Waals surface area contributed by atoms with Gasteiger partial charge in [-0.25, -0.2) is 4.98 Å². The molecule has 4 nitrogen and oxygen atoms in total. The predicted molar refractivity (Wildman–Crippen MR) is 96.6 cm³/mol. The summed E-state index contributed by atoms with van der Waals surface area (Å²) in [4.78, 5) is 6.90. The van der Waals surface area contributed by atoms with Crippen molar-refractivity contribution in [2.45, 2.75) is 64.3 Å². The molecule has 0 saturated heterocycles. The molecule has 1 N–H and O–H groups in total. The van der Waals surface area contributed by atoms with Gasteiger partial charge in [0.15, 0.2) is 0 Å². The molecular weight excluding hydrogens is 298 g/mol. The van der Waals surface area contributed by atoms with E-state index in [-0.39, 0.29) is 0 Å². The third kappa shape index (κ3) is 4.25. The van der Waals surface area contributed by atoms with Crippen LogP contribution in [-0.4, -0.2) is 31.7 Å². The van der Waals surface area contributed by atoms with Crippen molar-refractivity contribution in [3.8, 4) is 0 Å². The molecule has 1 aromatic carbocycles.